The number of allylic oxidation sites excluding steroid dienone is 1. The number of hydrogen-bond acceptors (Lipinski definition) is 2. The van der Waals surface area contributed by atoms with Crippen molar-refractivity contribution >= 4 is 5.78 Å². The molecular formula is C11H12O2. The minimum atomic E-state index is -0.106. The van der Waals surface area contributed by atoms with Gasteiger partial charge in [0.25, 0.3) is 0 Å². The Hall–Kier alpha value is -1.57. The van der Waals surface area contributed by atoms with Gasteiger partial charge in [-0.25, -0.2) is 0 Å². The molecule has 0 saturated heterocycles. The highest BCUT2D eigenvalue weighted by Gasteiger charge is 2.09. The Kier molecular flexibility index (Phi) is 3.26. The Labute approximate surface area is 77.5 Å². The van der Waals surface area contributed by atoms with Gasteiger partial charge in [0.15, 0.2) is 5.78 Å². The molecule has 0 heterocycles. The lowest BCUT2D eigenvalue weighted by molar-refractivity contribution is 0.102. The van der Waals surface area contributed by atoms with Crippen LogP contribution >= 0.6 is 0 Å². The normalized spacial score (nSPS) is 11.3. The number of hydrogen-bond donors (Lipinski definition) is 1. The lowest BCUT2D eigenvalue weighted by atomic mass is 10.0. The summed E-state index contributed by atoms with van der Waals surface area (Å²) in [4.78, 5) is 11.6. The number of carbonyl (C=O) groups excluding carboxylic acids is 1. The maximum Gasteiger partial charge on any atom is 0.192 e. The molecule has 0 fully saturated rings. The lowest BCUT2D eigenvalue weighted by Gasteiger charge is -2.01. The molecule has 0 atom stereocenters. The molecule has 0 radical (unpaired) electrons. The first kappa shape index (κ1) is 9.52. The topological polar surface area (TPSA) is 37.3 Å². The number of aliphatic hydroxyl groups is 1. The van der Waals surface area contributed by atoms with Gasteiger partial charge in [-0.1, -0.05) is 37.3 Å². The van der Waals surface area contributed by atoms with Gasteiger partial charge in [0.2, 0.25) is 0 Å². The first-order valence-corrected chi connectivity index (χ1v) is 4.22. The summed E-state index contributed by atoms with van der Waals surface area (Å²) in [5.41, 5.74) is 1.05. The van der Waals surface area contributed by atoms with E-state index in [-0.39, 0.29) is 5.78 Å². The molecule has 0 aliphatic carbocycles. The summed E-state index contributed by atoms with van der Waals surface area (Å²) in [5, 5.41) is 8.77. The molecule has 13 heavy (non-hydrogen) atoms. The van der Waals surface area contributed by atoms with E-state index < -0.39 is 0 Å². The number of benzene rings is 1. The van der Waals surface area contributed by atoms with E-state index in [4.69, 9.17) is 5.11 Å². The van der Waals surface area contributed by atoms with Crippen LogP contribution in [0.2, 0.25) is 0 Å². The van der Waals surface area contributed by atoms with Crippen molar-refractivity contribution in [2.24, 2.45) is 0 Å². The third kappa shape index (κ3) is 2.18. The van der Waals surface area contributed by atoms with Crippen LogP contribution in [0.15, 0.2) is 42.2 Å². The van der Waals surface area contributed by atoms with E-state index in [1.807, 2.05) is 13.0 Å². The van der Waals surface area contributed by atoms with Crippen LogP contribution in [0.25, 0.3) is 0 Å². The summed E-state index contributed by atoms with van der Waals surface area (Å²) < 4.78 is 0. The molecule has 0 saturated carbocycles. The van der Waals surface area contributed by atoms with Gasteiger partial charge in [0, 0.05) is 11.1 Å². The van der Waals surface area contributed by atoms with Crippen LogP contribution in [0.1, 0.15) is 23.7 Å². The van der Waals surface area contributed by atoms with E-state index in [9.17, 15) is 4.79 Å². The van der Waals surface area contributed by atoms with E-state index in [0.717, 1.165) is 6.26 Å². The Balaban J connectivity index is 2.92. The van der Waals surface area contributed by atoms with Crippen LogP contribution in [0.4, 0.5) is 0 Å². The van der Waals surface area contributed by atoms with Crippen molar-refractivity contribution in [1.29, 1.82) is 0 Å². The van der Waals surface area contributed by atoms with Crippen LogP contribution in [0.5, 0.6) is 0 Å². The van der Waals surface area contributed by atoms with E-state index in [0.29, 0.717) is 17.6 Å². The molecule has 0 aliphatic heterocycles. The molecule has 0 aliphatic rings. The van der Waals surface area contributed by atoms with Crippen LogP contribution in [0.3, 0.4) is 0 Å². The SMILES string of the molecule is CC/C(=C/O)C(=O)c1ccccc1. The third-order valence-electron chi connectivity index (χ3n) is 1.86. The zero-order valence-electron chi connectivity index (χ0n) is 7.53. The predicted octanol–water partition coefficient (Wildman–Crippen LogP) is 2.72. The van der Waals surface area contributed by atoms with Gasteiger partial charge in [0.1, 0.15) is 0 Å². The van der Waals surface area contributed by atoms with Crippen LogP contribution < -0.4 is 0 Å². The average molecular weight is 176 g/mol. The summed E-state index contributed by atoms with van der Waals surface area (Å²) in [6.45, 7) is 1.84. The van der Waals surface area contributed by atoms with Crippen molar-refractivity contribution in [3.63, 3.8) is 0 Å². The second-order valence-corrected chi connectivity index (χ2v) is 2.70. The molecule has 0 bridgehead atoms. The Morgan fingerprint density at radius 1 is 1.38 bits per heavy atom. The smallest absolute Gasteiger partial charge is 0.192 e. The van der Waals surface area contributed by atoms with Crippen molar-refractivity contribution < 1.29 is 9.90 Å². The highest BCUT2D eigenvalue weighted by Crippen LogP contribution is 2.10. The van der Waals surface area contributed by atoms with Crippen LogP contribution in [0, 0.1) is 0 Å². The molecule has 1 aromatic rings. The molecule has 2 nitrogen and oxygen atoms in total. The molecule has 0 spiro atoms. The van der Waals surface area contributed by atoms with Crippen LogP contribution in [-0.2, 0) is 0 Å². The van der Waals surface area contributed by atoms with Crippen molar-refractivity contribution in [2.75, 3.05) is 0 Å². The first-order valence-electron chi connectivity index (χ1n) is 4.22. The molecule has 1 rings (SSSR count). The van der Waals surface area contributed by atoms with Gasteiger partial charge in [-0.15, -0.1) is 0 Å². The van der Waals surface area contributed by atoms with Gasteiger partial charge < -0.3 is 5.11 Å². The fourth-order valence-electron chi connectivity index (χ4n) is 1.09. The zero-order valence-corrected chi connectivity index (χ0v) is 7.53. The largest absolute Gasteiger partial charge is 0.515 e. The fraction of sp³-hybridized carbons (Fsp3) is 0.182. The first-order chi connectivity index (χ1) is 6.29. The molecule has 0 amide bonds. The summed E-state index contributed by atoms with van der Waals surface area (Å²) in [5.74, 6) is -0.106. The summed E-state index contributed by atoms with van der Waals surface area (Å²) in [6.07, 6.45) is 1.43. The van der Waals surface area contributed by atoms with E-state index in [2.05, 4.69) is 0 Å². The molecule has 68 valence electrons. The number of ketones is 1. The minimum Gasteiger partial charge on any atom is -0.515 e. The summed E-state index contributed by atoms with van der Waals surface area (Å²) in [7, 11) is 0. The predicted molar refractivity (Wildman–Crippen MR) is 51.8 cm³/mol. The Bertz CT molecular complexity index is 312. The minimum absolute atomic E-state index is 0.106. The van der Waals surface area contributed by atoms with E-state index in [1.165, 1.54) is 0 Å². The molecule has 2 heteroatoms. The van der Waals surface area contributed by atoms with Gasteiger partial charge in [0.05, 0.1) is 6.26 Å². The van der Waals surface area contributed by atoms with Gasteiger partial charge in [-0.05, 0) is 6.42 Å². The number of Topliss-reactive ketones (excluding diaryl/α,β-unsaturated/α-hetero) is 1. The average Bonchev–Trinajstić information content (AvgIpc) is 2.21. The molecule has 0 aromatic heterocycles. The van der Waals surface area contributed by atoms with Gasteiger partial charge in [-0.2, -0.15) is 0 Å². The zero-order chi connectivity index (χ0) is 9.68. The standard InChI is InChI=1S/C11H12O2/c1-2-9(8-12)11(13)10-6-4-3-5-7-10/h3-8,12H,2H2,1H3/b9-8-. The van der Waals surface area contributed by atoms with Crippen molar-refractivity contribution in [3.05, 3.63) is 47.7 Å². The third-order valence-corrected chi connectivity index (χ3v) is 1.86. The summed E-state index contributed by atoms with van der Waals surface area (Å²) >= 11 is 0. The van der Waals surface area contributed by atoms with Gasteiger partial charge >= 0.3 is 0 Å². The maximum atomic E-state index is 11.6. The lowest BCUT2D eigenvalue weighted by Crippen LogP contribution is -2.02. The summed E-state index contributed by atoms with van der Waals surface area (Å²) in [6, 6.07) is 8.93. The van der Waals surface area contributed by atoms with Crippen molar-refractivity contribution in [2.45, 2.75) is 13.3 Å². The Morgan fingerprint density at radius 3 is 2.46 bits per heavy atom. The number of carbonyl (C=O) groups is 1. The number of aliphatic hydroxyl groups excluding tert-OH is 1. The number of rotatable bonds is 3. The molecular weight excluding hydrogens is 164 g/mol. The molecule has 0 unspecified atom stereocenters. The Morgan fingerprint density at radius 2 is 2.00 bits per heavy atom. The quantitative estimate of drug-likeness (QED) is 0.436. The maximum absolute atomic E-state index is 11.6. The second kappa shape index (κ2) is 4.45. The van der Waals surface area contributed by atoms with Crippen LogP contribution in [-0.4, -0.2) is 10.9 Å². The second-order valence-electron chi connectivity index (χ2n) is 2.70. The highest BCUT2D eigenvalue weighted by atomic mass is 16.2. The fourth-order valence-corrected chi connectivity index (χ4v) is 1.09. The molecule has 1 aromatic carbocycles. The highest BCUT2D eigenvalue weighted by molar-refractivity contribution is 6.08. The monoisotopic (exact) mass is 176 g/mol. The van der Waals surface area contributed by atoms with E-state index >= 15 is 0 Å². The van der Waals surface area contributed by atoms with Crippen molar-refractivity contribution in [3.8, 4) is 0 Å². The van der Waals surface area contributed by atoms with E-state index in [1.54, 1.807) is 24.3 Å². The molecule has 1 N–H and O–H groups in total. The van der Waals surface area contributed by atoms with Gasteiger partial charge in [-0.3, -0.25) is 4.79 Å². The van der Waals surface area contributed by atoms with Crippen molar-refractivity contribution in [1.82, 2.24) is 0 Å².